The van der Waals surface area contributed by atoms with Crippen LogP contribution >= 0.6 is 0 Å². The molecule has 0 amide bonds. The highest BCUT2D eigenvalue weighted by Gasteiger charge is 2.19. The molecular formula is C10H14N2O2. The third kappa shape index (κ3) is 1.86. The number of hydrogen-bond donors (Lipinski definition) is 1. The van der Waals surface area contributed by atoms with Gasteiger partial charge in [0, 0.05) is 12.7 Å². The van der Waals surface area contributed by atoms with E-state index in [-0.39, 0.29) is 6.04 Å². The summed E-state index contributed by atoms with van der Waals surface area (Å²) in [5, 5.41) is 3.34. The predicted molar refractivity (Wildman–Crippen MR) is 52.4 cm³/mol. The molecule has 0 aromatic carbocycles. The lowest BCUT2D eigenvalue weighted by atomic mass is 10.1. The zero-order chi connectivity index (χ0) is 9.80. The molecule has 1 aliphatic rings. The number of morpholine rings is 1. The molecule has 14 heavy (non-hydrogen) atoms. The number of aromatic nitrogens is 1. The molecule has 1 saturated heterocycles. The van der Waals surface area contributed by atoms with Crippen LogP contribution in [0.2, 0.25) is 0 Å². The summed E-state index contributed by atoms with van der Waals surface area (Å²) < 4.78 is 10.6. The molecule has 0 saturated carbocycles. The summed E-state index contributed by atoms with van der Waals surface area (Å²) in [4.78, 5) is 4.31. The maximum Gasteiger partial charge on any atom is 0.142 e. The summed E-state index contributed by atoms with van der Waals surface area (Å²) in [6.45, 7) is 2.30. The van der Waals surface area contributed by atoms with Crippen LogP contribution in [0.15, 0.2) is 18.3 Å². The van der Waals surface area contributed by atoms with Crippen molar-refractivity contribution in [1.29, 1.82) is 0 Å². The van der Waals surface area contributed by atoms with E-state index in [4.69, 9.17) is 9.47 Å². The Balaban J connectivity index is 2.20. The fourth-order valence-electron chi connectivity index (χ4n) is 1.58. The smallest absolute Gasteiger partial charge is 0.142 e. The monoisotopic (exact) mass is 194 g/mol. The number of methoxy groups -OCH3 is 1. The van der Waals surface area contributed by atoms with E-state index in [9.17, 15) is 0 Å². The highest BCUT2D eigenvalue weighted by molar-refractivity contribution is 5.29. The number of pyridine rings is 1. The molecule has 1 aliphatic heterocycles. The van der Waals surface area contributed by atoms with Gasteiger partial charge >= 0.3 is 0 Å². The zero-order valence-corrected chi connectivity index (χ0v) is 8.19. The van der Waals surface area contributed by atoms with Gasteiger partial charge in [0.1, 0.15) is 11.4 Å². The third-order valence-electron chi connectivity index (χ3n) is 2.27. The Hall–Kier alpha value is -1.13. The Kier molecular flexibility index (Phi) is 2.96. The molecule has 0 aliphatic carbocycles. The van der Waals surface area contributed by atoms with Crippen LogP contribution in [0, 0.1) is 0 Å². The molecule has 1 aromatic heterocycles. The number of rotatable bonds is 2. The van der Waals surface area contributed by atoms with Gasteiger partial charge in [-0.2, -0.15) is 0 Å². The van der Waals surface area contributed by atoms with Crippen LogP contribution < -0.4 is 10.1 Å². The van der Waals surface area contributed by atoms with Gasteiger partial charge in [0.25, 0.3) is 0 Å². The van der Waals surface area contributed by atoms with Crippen molar-refractivity contribution < 1.29 is 9.47 Å². The Bertz CT molecular complexity index is 298. The average Bonchev–Trinajstić information content (AvgIpc) is 2.30. The van der Waals surface area contributed by atoms with E-state index in [1.807, 2.05) is 12.1 Å². The van der Waals surface area contributed by atoms with Crippen molar-refractivity contribution in [2.24, 2.45) is 0 Å². The minimum Gasteiger partial charge on any atom is -0.495 e. The van der Waals surface area contributed by atoms with Crippen molar-refractivity contribution in [3.63, 3.8) is 0 Å². The fourth-order valence-corrected chi connectivity index (χ4v) is 1.58. The van der Waals surface area contributed by atoms with Gasteiger partial charge in [-0.05, 0) is 12.1 Å². The minimum atomic E-state index is 0.153. The van der Waals surface area contributed by atoms with E-state index in [0.717, 1.165) is 24.6 Å². The molecule has 2 heterocycles. The summed E-state index contributed by atoms with van der Waals surface area (Å²) in [6, 6.07) is 3.94. The summed E-state index contributed by atoms with van der Waals surface area (Å²) in [5.41, 5.74) is 0.926. The fraction of sp³-hybridized carbons (Fsp3) is 0.500. The van der Waals surface area contributed by atoms with Crippen LogP contribution in [0.3, 0.4) is 0 Å². The standard InChI is InChI=1S/C10H14N2O2/c1-13-9-3-2-4-12-10(9)8-7-14-6-5-11-8/h2-4,8,11H,5-7H2,1H3/t8-/m0/s1. The first-order chi connectivity index (χ1) is 6.92. The summed E-state index contributed by atoms with van der Waals surface area (Å²) >= 11 is 0. The van der Waals surface area contributed by atoms with Crippen molar-refractivity contribution in [1.82, 2.24) is 10.3 Å². The topological polar surface area (TPSA) is 43.4 Å². The summed E-state index contributed by atoms with van der Waals surface area (Å²) in [7, 11) is 1.66. The highest BCUT2D eigenvalue weighted by Crippen LogP contribution is 2.23. The predicted octanol–water partition coefficient (Wildman–Crippen LogP) is 0.751. The molecule has 4 nitrogen and oxygen atoms in total. The van der Waals surface area contributed by atoms with E-state index >= 15 is 0 Å². The van der Waals surface area contributed by atoms with Gasteiger partial charge in [0.15, 0.2) is 0 Å². The van der Waals surface area contributed by atoms with Crippen LogP contribution in [0.1, 0.15) is 11.7 Å². The quantitative estimate of drug-likeness (QED) is 0.754. The van der Waals surface area contributed by atoms with Gasteiger partial charge in [-0.15, -0.1) is 0 Å². The molecule has 4 heteroatoms. The number of nitrogens with zero attached hydrogens (tertiary/aromatic N) is 1. The Morgan fingerprint density at radius 2 is 2.57 bits per heavy atom. The lowest BCUT2D eigenvalue weighted by molar-refractivity contribution is 0.0747. The molecule has 1 fully saturated rings. The van der Waals surface area contributed by atoms with E-state index in [0.29, 0.717) is 6.61 Å². The van der Waals surface area contributed by atoms with Crippen molar-refractivity contribution >= 4 is 0 Å². The van der Waals surface area contributed by atoms with Crippen molar-refractivity contribution in [3.8, 4) is 5.75 Å². The first kappa shape index (κ1) is 9.43. The van der Waals surface area contributed by atoms with Crippen molar-refractivity contribution in [2.45, 2.75) is 6.04 Å². The number of nitrogens with one attached hydrogen (secondary N) is 1. The second-order valence-corrected chi connectivity index (χ2v) is 3.17. The molecule has 1 atom stereocenters. The van der Waals surface area contributed by atoms with E-state index in [1.165, 1.54) is 0 Å². The molecule has 0 bridgehead atoms. The molecule has 76 valence electrons. The second-order valence-electron chi connectivity index (χ2n) is 3.17. The molecular weight excluding hydrogens is 180 g/mol. The maximum atomic E-state index is 5.38. The minimum absolute atomic E-state index is 0.153. The normalized spacial score (nSPS) is 21.9. The van der Waals surface area contributed by atoms with Crippen molar-refractivity contribution in [3.05, 3.63) is 24.0 Å². The van der Waals surface area contributed by atoms with Crippen LogP contribution in [0.5, 0.6) is 5.75 Å². The third-order valence-corrected chi connectivity index (χ3v) is 2.27. The van der Waals surface area contributed by atoms with Gasteiger partial charge in [-0.1, -0.05) is 0 Å². The molecule has 2 rings (SSSR count). The molecule has 0 unspecified atom stereocenters. The average molecular weight is 194 g/mol. The summed E-state index contributed by atoms with van der Waals surface area (Å²) in [6.07, 6.45) is 1.77. The van der Waals surface area contributed by atoms with Gasteiger partial charge in [-0.25, -0.2) is 0 Å². The van der Waals surface area contributed by atoms with Crippen LogP contribution in [-0.4, -0.2) is 31.9 Å². The lowest BCUT2D eigenvalue weighted by Gasteiger charge is -2.24. The lowest BCUT2D eigenvalue weighted by Crippen LogP contribution is -2.35. The first-order valence-electron chi connectivity index (χ1n) is 4.72. The first-order valence-corrected chi connectivity index (χ1v) is 4.72. The maximum absolute atomic E-state index is 5.38. The SMILES string of the molecule is COc1cccnc1[C@@H]1COCCN1. The second kappa shape index (κ2) is 4.39. The molecule has 1 aromatic rings. The zero-order valence-electron chi connectivity index (χ0n) is 8.19. The number of hydrogen-bond acceptors (Lipinski definition) is 4. The Labute approximate surface area is 83.2 Å². The van der Waals surface area contributed by atoms with Crippen molar-refractivity contribution in [2.75, 3.05) is 26.9 Å². The van der Waals surface area contributed by atoms with Gasteiger partial charge in [0.2, 0.25) is 0 Å². The van der Waals surface area contributed by atoms with Crippen LogP contribution in [-0.2, 0) is 4.74 Å². The summed E-state index contributed by atoms with van der Waals surface area (Å²) in [5.74, 6) is 0.815. The van der Waals surface area contributed by atoms with Crippen LogP contribution in [0.4, 0.5) is 0 Å². The van der Waals surface area contributed by atoms with E-state index < -0.39 is 0 Å². The van der Waals surface area contributed by atoms with Gasteiger partial charge < -0.3 is 14.8 Å². The Morgan fingerprint density at radius 1 is 1.64 bits per heavy atom. The Morgan fingerprint density at radius 3 is 3.29 bits per heavy atom. The van der Waals surface area contributed by atoms with Gasteiger partial charge in [0.05, 0.1) is 26.4 Å². The van der Waals surface area contributed by atoms with Gasteiger partial charge in [-0.3, -0.25) is 4.98 Å². The molecule has 0 radical (unpaired) electrons. The highest BCUT2D eigenvalue weighted by atomic mass is 16.5. The molecule has 0 spiro atoms. The van der Waals surface area contributed by atoms with E-state index in [2.05, 4.69) is 10.3 Å². The molecule has 1 N–H and O–H groups in total. The number of ether oxygens (including phenoxy) is 2. The van der Waals surface area contributed by atoms with E-state index in [1.54, 1.807) is 13.3 Å². The van der Waals surface area contributed by atoms with Crippen LogP contribution in [0.25, 0.3) is 0 Å². The largest absolute Gasteiger partial charge is 0.495 e.